The first-order chi connectivity index (χ1) is 20.8. The van der Waals surface area contributed by atoms with Gasteiger partial charge in [0, 0.05) is 29.6 Å². The highest BCUT2D eigenvalue weighted by Crippen LogP contribution is 2.48. The number of halogens is 2. The molecular weight excluding hydrogens is 589 g/mol. The number of carbonyl (C=O) groups excluding carboxylic acids is 1. The Bertz CT molecular complexity index is 1830. The van der Waals surface area contributed by atoms with Crippen molar-refractivity contribution in [2.45, 2.75) is 64.2 Å². The summed E-state index contributed by atoms with van der Waals surface area (Å²) >= 11 is 0. The average Bonchev–Trinajstić information content (AvgIpc) is 3.70. The van der Waals surface area contributed by atoms with E-state index in [-0.39, 0.29) is 34.9 Å². The summed E-state index contributed by atoms with van der Waals surface area (Å²) in [6, 6.07) is 13.5. The molecule has 4 aromatic rings. The fraction of sp³-hybridized carbons (Fsp3) is 0.344. The van der Waals surface area contributed by atoms with Crippen molar-refractivity contribution in [2.24, 2.45) is 0 Å². The molecule has 0 spiro atoms. The molecule has 0 atom stereocenters. The zero-order chi connectivity index (χ0) is 31.6. The second kappa shape index (κ2) is 11.0. The van der Waals surface area contributed by atoms with Crippen LogP contribution in [0.25, 0.3) is 22.3 Å². The first-order valence-corrected chi connectivity index (χ1v) is 15.6. The molecule has 1 aromatic heterocycles. The maximum absolute atomic E-state index is 15.5. The highest BCUT2D eigenvalue weighted by atomic mass is 32.2. The van der Waals surface area contributed by atoms with Crippen molar-refractivity contribution in [3.05, 3.63) is 82.9 Å². The summed E-state index contributed by atoms with van der Waals surface area (Å²) in [7, 11) is -2.45. The molecule has 0 bridgehead atoms. The number of amides is 1. The van der Waals surface area contributed by atoms with Crippen LogP contribution < -0.4 is 15.1 Å². The Morgan fingerprint density at radius 3 is 2.23 bits per heavy atom. The van der Waals surface area contributed by atoms with Crippen LogP contribution in [-0.2, 0) is 26.7 Å². The van der Waals surface area contributed by atoms with E-state index in [1.165, 1.54) is 37.4 Å². The number of furan rings is 1. The number of rotatable bonds is 8. The lowest BCUT2D eigenvalue weighted by Crippen LogP contribution is -2.41. The van der Waals surface area contributed by atoms with Gasteiger partial charge in [-0.15, -0.1) is 0 Å². The van der Waals surface area contributed by atoms with Crippen molar-refractivity contribution in [3.8, 4) is 11.3 Å². The molecule has 2 aliphatic rings. The topological polar surface area (TPSA) is 98.1 Å². The molecule has 6 rings (SSSR count). The third-order valence-corrected chi connectivity index (χ3v) is 9.56. The standard InChI is InChI=1S/C32H33BF2N2O6S/c1-31(2)32(3,4)43-33(42-31)21-11-8-20(25(35)14-21)17-37(44(39)40)26-16-27-24(15-23(26)18-6-7-18)28(30(38)36-5)29(41-27)19-9-12-22(34)13-10-19/h8-16,18,44H,6-7,17H2,1-5H3,(H,36,38). The predicted octanol–water partition coefficient (Wildman–Crippen LogP) is 5.45. The third-order valence-electron chi connectivity index (χ3n) is 8.81. The molecular formula is C32H33BF2N2O6S. The van der Waals surface area contributed by atoms with E-state index in [0.717, 1.165) is 22.7 Å². The third kappa shape index (κ3) is 5.39. The minimum absolute atomic E-state index is 0.0733. The lowest BCUT2D eigenvalue weighted by Gasteiger charge is -2.32. The lowest BCUT2D eigenvalue weighted by molar-refractivity contribution is 0.00578. The number of hydrogen-bond acceptors (Lipinski definition) is 6. The molecule has 2 heterocycles. The molecule has 230 valence electrons. The van der Waals surface area contributed by atoms with Gasteiger partial charge < -0.3 is 19.0 Å². The van der Waals surface area contributed by atoms with Crippen LogP contribution in [0, 0.1) is 11.6 Å². The Balaban J connectivity index is 1.40. The second-order valence-corrected chi connectivity index (χ2v) is 13.3. The number of hydrogen-bond donors (Lipinski definition) is 2. The van der Waals surface area contributed by atoms with Crippen LogP contribution in [0.5, 0.6) is 0 Å². The fourth-order valence-corrected chi connectivity index (χ4v) is 6.08. The van der Waals surface area contributed by atoms with Crippen molar-refractivity contribution < 1.29 is 35.7 Å². The zero-order valence-electron chi connectivity index (χ0n) is 25.1. The van der Waals surface area contributed by atoms with Gasteiger partial charge >= 0.3 is 7.12 Å². The number of nitrogens with one attached hydrogen (secondary N) is 1. The maximum Gasteiger partial charge on any atom is 0.494 e. The summed E-state index contributed by atoms with van der Waals surface area (Å²) < 4.78 is 74.0. The molecule has 1 amide bonds. The average molecular weight is 622 g/mol. The summed E-state index contributed by atoms with van der Waals surface area (Å²) in [6.07, 6.45) is 1.69. The van der Waals surface area contributed by atoms with Crippen molar-refractivity contribution in [3.63, 3.8) is 0 Å². The van der Waals surface area contributed by atoms with Crippen LogP contribution >= 0.6 is 0 Å². The number of benzene rings is 3. The predicted molar refractivity (Wildman–Crippen MR) is 166 cm³/mol. The largest absolute Gasteiger partial charge is 0.494 e. The Labute approximate surface area is 256 Å². The van der Waals surface area contributed by atoms with E-state index in [2.05, 4.69) is 5.32 Å². The van der Waals surface area contributed by atoms with Crippen molar-refractivity contribution >= 4 is 46.0 Å². The number of carbonyl (C=O) groups is 1. The van der Waals surface area contributed by atoms with Gasteiger partial charge in [0.25, 0.3) is 5.91 Å². The normalized spacial score (nSPS) is 17.4. The van der Waals surface area contributed by atoms with Crippen LogP contribution in [-0.4, -0.2) is 39.7 Å². The van der Waals surface area contributed by atoms with E-state index in [1.807, 2.05) is 27.7 Å². The van der Waals surface area contributed by atoms with Crippen LogP contribution in [0.2, 0.25) is 0 Å². The van der Waals surface area contributed by atoms with Gasteiger partial charge in [0.1, 0.15) is 23.0 Å². The van der Waals surface area contributed by atoms with E-state index >= 15 is 4.39 Å². The van der Waals surface area contributed by atoms with Crippen molar-refractivity contribution in [1.82, 2.24) is 5.32 Å². The van der Waals surface area contributed by atoms with Gasteiger partial charge in [-0.25, -0.2) is 17.2 Å². The summed E-state index contributed by atoms with van der Waals surface area (Å²) in [5, 5.41) is 3.14. The minimum atomic E-state index is -3.20. The summed E-state index contributed by atoms with van der Waals surface area (Å²) in [4.78, 5) is 13.0. The van der Waals surface area contributed by atoms with E-state index in [1.54, 1.807) is 24.3 Å². The van der Waals surface area contributed by atoms with Crippen LogP contribution in [0.15, 0.2) is 59.0 Å². The molecule has 1 saturated carbocycles. The summed E-state index contributed by atoms with van der Waals surface area (Å²) in [5.74, 6) is -1.11. The van der Waals surface area contributed by atoms with E-state index in [4.69, 9.17) is 13.7 Å². The summed E-state index contributed by atoms with van der Waals surface area (Å²) in [5.41, 5.74) is 1.59. The number of anilines is 1. The van der Waals surface area contributed by atoms with E-state index < -0.39 is 46.8 Å². The SMILES string of the molecule is CNC(=O)c1c(-c2ccc(F)cc2)oc2cc(N(Cc3ccc(B4OC(C)(C)C(C)(C)O4)cc3F)[SH](=O)=O)c(C3CC3)cc12. The number of thiol groups is 1. The first kappa shape index (κ1) is 30.3. The van der Waals surface area contributed by atoms with Crippen LogP contribution in [0.4, 0.5) is 14.5 Å². The van der Waals surface area contributed by atoms with Gasteiger partial charge in [0.15, 0.2) is 0 Å². The lowest BCUT2D eigenvalue weighted by atomic mass is 9.78. The zero-order valence-corrected chi connectivity index (χ0v) is 26.0. The van der Waals surface area contributed by atoms with E-state index in [9.17, 15) is 17.6 Å². The monoisotopic (exact) mass is 622 g/mol. The molecule has 2 fully saturated rings. The van der Waals surface area contributed by atoms with E-state index in [0.29, 0.717) is 22.1 Å². The van der Waals surface area contributed by atoms with Crippen molar-refractivity contribution in [2.75, 3.05) is 11.4 Å². The molecule has 1 N–H and O–H groups in total. The molecule has 12 heteroatoms. The highest BCUT2D eigenvalue weighted by molar-refractivity contribution is 7.74. The van der Waals surface area contributed by atoms with Gasteiger partial charge in [0.2, 0.25) is 10.9 Å². The smallest absolute Gasteiger partial charge is 0.455 e. The van der Waals surface area contributed by atoms with Gasteiger partial charge in [-0.05, 0) is 93.9 Å². The molecule has 44 heavy (non-hydrogen) atoms. The van der Waals surface area contributed by atoms with Gasteiger partial charge in [0.05, 0.1) is 29.0 Å². The number of fused-ring (bicyclic) bond motifs is 1. The maximum atomic E-state index is 15.5. The van der Waals surface area contributed by atoms with Crippen molar-refractivity contribution in [1.29, 1.82) is 0 Å². The Morgan fingerprint density at radius 1 is 1.00 bits per heavy atom. The fourth-order valence-electron chi connectivity index (χ4n) is 5.46. The molecule has 0 unspecified atom stereocenters. The highest BCUT2D eigenvalue weighted by Gasteiger charge is 2.51. The van der Waals surface area contributed by atoms with Gasteiger partial charge in [-0.2, -0.15) is 0 Å². The van der Waals surface area contributed by atoms with Crippen LogP contribution in [0.1, 0.15) is 67.9 Å². The Kier molecular flexibility index (Phi) is 7.58. The second-order valence-electron chi connectivity index (χ2n) is 12.3. The molecule has 8 nitrogen and oxygen atoms in total. The molecule has 3 aromatic carbocycles. The van der Waals surface area contributed by atoms with Gasteiger partial charge in [-0.1, -0.05) is 12.1 Å². The number of nitrogens with zero attached hydrogens (tertiary/aromatic N) is 1. The first-order valence-electron chi connectivity index (χ1n) is 14.4. The molecule has 0 radical (unpaired) electrons. The Hall–Kier alpha value is -3.74. The molecule has 1 aliphatic heterocycles. The van der Waals surface area contributed by atoms with Gasteiger partial charge in [-0.3, -0.25) is 9.10 Å². The Morgan fingerprint density at radius 2 is 1.66 bits per heavy atom. The quantitative estimate of drug-likeness (QED) is 0.201. The minimum Gasteiger partial charge on any atom is -0.455 e. The van der Waals surface area contributed by atoms with Crippen LogP contribution in [0.3, 0.4) is 0 Å². The molecule has 1 saturated heterocycles. The summed E-state index contributed by atoms with van der Waals surface area (Å²) in [6.45, 7) is 7.39. The molecule has 1 aliphatic carbocycles.